The van der Waals surface area contributed by atoms with E-state index in [1.54, 1.807) is 10.4 Å². The largest absolute Gasteiger partial charge is 0.113 e. The normalized spacial score (nSPS) is 14.3. The van der Waals surface area contributed by atoms with E-state index in [1.807, 2.05) is 12.1 Å². The van der Waals surface area contributed by atoms with Crippen LogP contribution < -0.4 is 10.4 Å². The standard InChI is InChI=1S/C24H19ClSi/c1-26(2)23-10-6-5-9-20(23)21-15-16(11-14-24(21)26)17-12-13-22(25)19-8-4-3-7-18(17)19/h3-15H,1-2H3. The van der Waals surface area contributed by atoms with Crippen LogP contribution in [0.25, 0.3) is 33.0 Å². The molecule has 0 aliphatic carbocycles. The van der Waals surface area contributed by atoms with Crippen LogP contribution in [0.1, 0.15) is 0 Å². The Hall–Kier alpha value is -2.35. The van der Waals surface area contributed by atoms with Gasteiger partial charge in [0.05, 0.1) is 0 Å². The topological polar surface area (TPSA) is 0 Å². The van der Waals surface area contributed by atoms with Gasteiger partial charge in [0.2, 0.25) is 0 Å². The minimum atomic E-state index is -1.59. The van der Waals surface area contributed by atoms with Crippen LogP contribution in [0.5, 0.6) is 0 Å². The molecule has 0 bridgehead atoms. The Bertz CT molecular complexity index is 1170. The molecule has 1 aliphatic heterocycles. The van der Waals surface area contributed by atoms with Crippen molar-refractivity contribution in [3.8, 4) is 22.3 Å². The highest BCUT2D eigenvalue weighted by atomic mass is 35.5. The van der Waals surface area contributed by atoms with Crippen LogP contribution in [0.3, 0.4) is 0 Å². The Morgan fingerprint density at radius 2 is 1.31 bits per heavy atom. The Balaban J connectivity index is 1.78. The molecule has 5 rings (SSSR count). The number of fused-ring (bicyclic) bond motifs is 4. The van der Waals surface area contributed by atoms with Crippen LogP contribution in [0.2, 0.25) is 18.1 Å². The van der Waals surface area contributed by atoms with Crippen molar-refractivity contribution in [1.29, 1.82) is 0 Å². The molecule has 26 heavy (non-hydrogen) atoms. The lowest BCUT2D eigenvalue weighted by Gasteiger charge is -2.18. The molecule has 4 aromatic carbocycles. The van der Waals surface area contributed by atoms with E-state index in [0.717, 1.165) is 10.4 Å². The molecule has 0 aromatic heterocycles. The van der Waals surface area contributed by atoms with Crippen LogP contribution in [0.15, 0.2) is 78.9 Å². The summed E-state index contributed by atoms with van der Waals surface area (Å²) >= 11 is 6.42. The molecule has 0 saturated carbocycles. The second-order valence-electron chi connectivity index (χ2n) is 7.57. The molecule has 1 heterocycles. The molecule has 0 N–H and O–H groups in total. The summed E-state index contributed by atoms with van der Waals surface area (Å²) in [6.45, 7) is 4.91. The summed E-state index contributed by atoms with van der Waals surface area (Å²) in [5, 5.41) is 6.23. The van der Waals surface area contributed by atoms with Gasteiger partial charge >= 0.3 is 0 Å². The number of benzene rings is 4. The number of hydrogen-bond donors (Lipinski definition) is 0. The molecule has 0 radical (unpaired) electrons. The smallest absolute Gasteiger partial charge is 0.0837 e. The third kappa shape index (κ3) is 2.14. The van der Waals surface area contributed by atoms with Gasteiger partial charge in [0.1, 0.15) is 8.07 Å². The zero-order chi connectivity index (χ0) is 17.9. The van der Waals surface area contributed by atoms with Crippen molar-refractivity contribution in [2.75, 3.05) is 0 Å². The van der Waals surface area contributed by atoms with Gasteiger partial charge in [-0.05, 0) is 50.1 Å². The van der Waals surface area contributed by atoms with Crippen LogP contribution in [0, 0.1) is 0 Å². The molecule has 0 nitrogen and oxygen atoms in total. The third-order valence-electron chi connectivity index (χ3n) is 5.77. The fourth-order valence-electron chi connectivity index (χ4n) is 4.40. The van der Waals surface area contributed by atoms with Crippen molar-refractivity contribution >= 4 is 40.8 Å². The zero-order valence-electron chi connectivity index (χ0n) is 14.9. The molecule has 0 unspecified atom stereocenters. The SMILES string of the molecule is C[Si]1(C)c2ccccc2-c2cc(-c3ccc(Cl)c4ccccc34)ccc21. The van der Waals surface area contributed by atoms with E-state index in [-0.39, 0.29) is 0 Å². The van der Waals surface area contributed by atoms with Crippen LogP contribution in [-0.2, 0) is 0 Å². The summed E-state index contributed by atoms with van der Waals surface area (Å²) in [5.74, 6) is 0. The number of rotatable bonds is 1. The lowest BCUT2D eigenvalue weighted by Crippen LogP contribution is -2.49. The lowest BCUT2D eigenvalue weighted by molar-refractivity contribution is 1.66. The highest BCUT2D eigenvalue weighted by molar-refractivity contribution is 7.03. The van der Waals surface area contributed by atoms with Gasteiger partial charge in [-0.1, -0.05) is 91.4 Å². The molecular weight excluding hydrogens is 352 g/mol. The van der Waals surface area contributed by atoms with Crippen molar-refractivity contribution in [2.45, 2.75) is 13.1 Å². The first-order chi connectivity index (χ1) is 12.6. The highest BCUT2D eigenvalue weighted by Gasteiger charge is 2.37. The van der Waals surface area contributed by atoms with Crippen molar-refractivity contribution in [1.82, 2.24) is 0 Å². The maximum Gasteiger partial charge on any atom is 0.113 e. The van der Waals surface area contributed by atoms with E-state index in [0.29, 0.717) is 0 Å². The van der Waals surface area contributed by atoms with E-state index in [2.05, 4.69) is 79.8 Å². The van der Waals surface area contributed by atoms with Gasteiger partial charge in [-0.3, -0.25) is 0 Å². The Morgan fingerprint density at radius 3 is 2.15 bits per heavy atom. The third-order valence-corrected chi connectivity index (χ3v) is 9.66. The fraction of sp³-hybridized carbons (Fsp3) is 0.0833. The maximum absolute atomic E-state index is 6.42. The molecule has 126 valence electrons. The van der Waals surface area contributed by atoms with Crippen molar-refractivity contribution < 1.29 is 0 Å². The summed E-state index contributed by atoms with van der Waals surface area (Å²) in [7, 11) is -1.59. The van der Waals surface area contributed by atoms with Crippen molar-refractivity contribution in [3.05, 3.63) is 83.9 Å². The quantitative estimate of drug-likeness (QED) is 0.362. The Kier molecular flexibility index (Phi) is 3.40. The summed E-state index contributed by atoms with van der Waals surface area (Å²) in [4.78, 5) is 0. The van der Waals surface area contributed by atoms with E-state index in [4.69, 9.17) is 11.6 Å². The monoisotopic (exact) mass is 370 g/mol. The predicted molar refractivity (Wildman–Crippen MR) is 117 cm³/mol. The zero-order valence-corrected chi connectivity index (χ0v) is 16.6. The first-order valence-electron chi connectivity index (χ1n) is 8.99. The molecule has 0 amide bonds. The van der Waals surface area contributed by atoms with Gasteiger partial charge in [0, 0.05) is 10.4 Å². The van der Waals surface area contributed by atoms with Crippen LogP contribution in [0.4, 0.5) is 0 Å². The number of halogens is 1. The molecule has 0 saturated heterocycles. The van der Waals surface area contributed by atoms with Gasteiger partial charge < -0.3 is 0 Å². The summed E-state index contributed by atoms with van der Waals surface area (Å²) in [6.07, 6.45) is 0. The second-order valence-corrected chi connectivity index (χ2v) is 12.3. The van der Waals surface area contributed by atoms with Crippen molar-refractivity contribution in [2.24, 2.45) is 0 Å². The van der Waals surface area contributed by atoms with Crippen LogP contribution >= 0.6 is 11.6 Å². The Labute approximate surface area is 160 Å². The summed E-state index contributed by atoms with van der Waals surface area (Å²) < 4.78 is 0. The lowest BCUT2D eigenvalue weighted by atomic mass is 9.95. The van der Waals surface area contributed by atoms with Gasteiger partial charge in [0.25, 0.3) is 0 Å². The average molecular weight is 371 g/mol. The first kappa shape index (κ1) is 15.9. The van der Waals surface area contributed by atoms with Crippen LogP contribution in [-0.4, -0.2) is 8.07 Å². The van der Waals surface area contributed by atoms with E-state index in [1.165, 1.54) is 27.6 Å². The molecular formula is C24H19ClSi. The molecule has 1 aliphatic rings. The van der Waals surface area contributed by atoms with Gasteiger partial charge in [-0.2, -0.15) is 0 Å². The minimum absolute atomic E-state index is 0.810. The fourth-order valence-corrected chi connectivity index (χ4v) is 7.70. The second kappa shape index (κ2) is 5.57. The maximum atomic E-state index is 6.42. The Morgan fingerprint density at radius 1 is 0.615 bits per heavy atom. The predicted octanol–water partition coefficient (Wildman–Crippen LogP) is 5.96. The van der Waals surface area contributed by atoms with E-state index in [9.17, 15) is 0 Å². The molecule has 4 aromatic rings. The van der Waals surface area contributed by atoms with Gasteiger partial charge in [-0.15, -0.1) is 0 Å². The molecule has 2 heteroatoms. The molecule has 0 fully saturated rings. The van der Waals surface area contributed by atoms with Gasteiger partial charge in [-0.25, -0.2) is 0 Å². The van der Waals surface area contributed by atoms with Crippen molar-refractivity contribution in [3.63, 3.8) is 0 Å². The van der Waals surface area contributed by atoms with E-state index < -0.39 is 8.07 Å². The summed E-state index contributed by atoms with van der Waals surface area (Å²) in [6, 6.07) is 28.5. The van der Waals surface area contributed by atoms with E-state index >= 15 is 0 Å². The van der Waals surface area contributed by atoms with Gasteiger partial charge in [0.15, 0.2) is 0 Å². The minimum Gasteiger partial charge on any atom is -0.0837 e. The number of hydrogen-bond acceptors (Lipinski definition) is 0. The average Bonchev–Trinajstić information content (AvgIpc) is 2.90. The molecule has 0 spiro atoms. The summed E-state index contributed by atoms with van der Waals surface area (Å²) in [5.41, 5.74) is 5.34. The first-order valence-corrected chi connectivity index (χ1v) is 12.4. The molecule has 0 atom stereocenters. The highest BCUT2D eigenvalue weighted by Crippen LogP contribution is 2.36.